The summed E-state index contributed by atoms with van der Waals surface area (Å²) in [4.78, 5) is 34.8. The number of rotatable bonds is 5. The van der Waals surface area contributed by atoms with Gasteiger partial charge in [-0.3, -0.25) is 9.59 Å². The predicted molar refractivity (Wildman–Crippen MR) is 86.3 cm³/mol. The molecule has 134 valence electrons. The third-order valence-corrected chi connectivity index (χ3v) is 7.28. The number of carbonyl (C=O) groups is 3. The van der Waals surface area contributed by atoms with Crippen LogP contribution in [0.25, 0.3) is 0 Å². The maximum Gasteiger partial charge on any atom is 0.327 e. The van der Waals surface area contributed by atoms with Crippen molar-refractivity contribution in [1.82, 2.24) is 5.32 Å². The summed E-state index contributed by atoms with van der Waals surface area (Å²) < 4.78 is 5.41. The number of aliphatic carboxylic acids is 1. The summed E-state index contributed by atoms with van der Waals surface area (Å²) in [5.74, 6) is -2.12. The molecule has 2 aliphatic carbocycles. The molecule has 0 aromatic carbocycles. The summed E-state index contributed by atoms with van der Waals surface area (Å²) in [5, 5.41) is 22.6. The number of nitrogens with one attached hydrogen (secondary N) is 1. The molecule has 1 amide bonds. The summed E-state index contributed by atoms with van der Waals surface area (Å²) in [6.07, 6.45) is 1.92. The maximum atomic E-state index is 12.3. The second-order valence-electron chi connectivity index (χ2n) is 7.17. The Kier molecular flexibility index (Phi) is 4.55. The molecule has 3 fully saturated rings. The van der Waals surface area contributed by atoms with Gasteiger partial charge in [-0.15, -0.1) is 0 Å². The monoisotopic (exact) mass is 357 g/mol. The highest BCUT2D eigenvalue weighted by Crippen LogP contribution is 2.58. The van der Waals surface area contributed by atoms with Crippen molar-refractivity contribution in [2.24, 2.45) is 17.8 Å². The van der Waals surface area contributed by atoms with Crippen molar-refractivity contribution in [2.75, 3.05) is 5.75 Å². The average Bonchev–Trinajstić information content (AvgIpc) is 2.92. The number of thioether (sulfide) groups is 1. The van der Waals surface area contributed by atoms with Gasteiger partial charge in [0.2, 0.25) is 5.91 Å². The minimum atomic E-state index is -1.12. The van der Waals surface area contributed by atoms with E-state index < -0.39 is 35.5 Å². The van der Waals surface area contributed by atoms with Crippen LogP contribution in [0.2, 0.25) is 0 Å². The van der Waals surface area contributed by atoms with Gasteiger partial charge in [-0.1, -0.05) is 6.92 Å². The van der Waals surface area contributed by atoms with Gasteiger partial charge in [0.15, 0.2) is 0 Å². The molecule has 3 rings (SSSR count). The zero-order valence-electron chi connectivity index (χ0n) is 13.7. The second kappa shape index (κ2) is 6.22. The van der Waals surface area contributed by atoms with Gasteiger partial charge in [0, 0.05) is 17.9 Å². The first-order valence-corrected chi connectivity index (χ1v) is 9.34. The molecule has 3 N–H and O–H groups in total. The molecule has 1 aliphatic heterocycles. The van der Waals surface area contributed by atoms with E-state index in [2.05, 4.69) is 5.32 Å². The first-order chi connectivity index (χ1) is 11.2. The minimum absolute atomic E-state index is 0.0661. The maximum absolute atomic E-state index is 12.3. The number of aliphatic hydroxyl groups is 1. The minimum Gasteiger partial charge on any atom is -0.480 e. The van der Waals surface area contributed by atoms with Crippen LogP contribution < -0.4 is 5.32 Å². The van der Waals surface area contributed by atoms with Crippen LogP contribution in [-0.4, -0.2) is 56.8 Å². The van der Waals surface area contributed by atoms with E-state index in [1.807, 2.05) is 6.92 Å². The van der Waals surface area contributed by atoms with E-state index in [1.165, 1.54) is 18.7 Å². The Balaban J connectivity index is 1.76. The lowest BCUT2D eigenvalue weighted by molar-refractivity contribution is -0.145. The van der Waals surface area contributed by atoms with Gasteiger partial charge in [0.1, 0.15) is 23.7 Å². The van der Waals surface area contributed by atoms with Crippen molar-refractivity contribution in [3.63, 3.8) is 0 Å². The summed E-state index contributed by atoms with van der Waals surface area (Å²) in [6, 6.07) is -1.01. The Morgan fingerprint density at radius 3 is 2.79 bits per heavy atom. The Bertz CT molecular complexity index is 569. The van der Waals surface area contributed by atoms with Crippen molar-refractivity contribution in [2.45, 2.75) is 56.1 Å². The standard InChI is InChI=1S/C16H23NO6S/c1-7-5-9-3-4-11-16(9,22)12(15(21)23-11)13(7)24-6-10(14(19)20)17-8(2)18/h7,9-13,22H,3-6H2,1-2H3,(H,17,18)(H,19,20)/t7-,9+,10-,11+,12?,13+,16+/m0/s1. The highest BCUT2D eigenvalue weighted by molar-refractivity contribution is 8.00. The Hall–Kier alpha value is -1.28. The van der Waals surface area contributed by atoms with Crippen molar-refractivity contribution in [3.05, 3.63) is 0 Å². The largest absolute Gasteiger partial charge is 0.480 e. The highest BCUT2D eigenvalue weighted by atomic mass is 32.2. The van der Waals surface area contributed by atoms with Gasteiger partial charge < -0.3 is 20.3 Å². The first kappa shape index (κ1) is 17.5. The van der Waals surface area contributed by atoms with Gasteiger partial charge in [0.05, 0.1) is 0 Å². The lowest BCUT2D eigenvalue weighted by Gasteiger charge is -2.44. The highest BCUT2D eigenvalue weighted by Gasteiger charge is 2.68. The molecule has 0 bridgehead atoms. The van der Waals surface area contributed by atoms with Crippen LogP contribution in [0.15, 0.2) is 0 Å². The summed E-state index contributed by atoms with van der Waals surface area (Å²) in [5.41, 5.74) is -1.12. The Morgan fingerprint density at radius 1 is 1.46 bits per heavy atom. The molecule has 0 radical (unpaired) electrons. The zero-order valence-corrected chi connectivity index (χ0v) is 14.5. The SMILES string of the molecule is CC(=O)N[C@@H](CS[C@H]1C2C(=O)O[C@@H]3CC[C@H](C[C@@H]1C)[C@]23O)C(=O)O. The lowest BCUT2D eigenvalue weighted by Crippen LogP contribution is -2.56. The summed E-state index contributed by atoms with van der Waals surface area (Å²) >= 11 is 1.34. The number of hydrogen-bond donors (Lipinski definition) is 3. The third-order valence-electron chi connectivity index (χ3n) is 5.63. The molecule has 2 saturated carbocycles. The van der Waals surface area contributed by atoms with Crippen LogP contribution in [0.1, 0.15) is 33.1 Å². The zero-order chi connectivity index (χ0) is 17.6. The molecule has 1 heterocycles. The van der Waals surface area contributed by atoms with Crippen LogP contribution in [0.5, 0.6) is 0 Å². The van der Waals surface area contributed by atoms with Crippen molar-refractivity contribution in [1.29, 1.82) is 0 Å². The van der Waals surface area contributed by atoms with E-state index >= 15 is 0 Å². The average molecular weight is 357 g/mol. The third kappa shape index (κ3) is 2.69. The smallest absolute Gasteiger partial charge is 0.327 e. The molecule has 1 saturated heterocycles. The summed E-state index contributed by atoms with van der Waals surface area (Å²) in [6.45, 7) is 3.30. The number of amides is 1. The topological polar surface area (TPSA) is 113 Å². The number of esters is 1. The molecule has 7 nitrogen and oxygen atoms in total. The lowest BCUT2D eigenvalue weighted by atomic mass is 9.66. The molecule has 24 heavy (non-hydrogen) atoms. The molecule has 8 heteroatoms. The number of carboxylic acid groups (broad SMARTS) is 1. The van der Waals surface area contributed by atoms with E-state index in [0.29, 0.717) is 6.42 Å². The van der Waals surface area contributed by atoms with Crippen molar-refractivity contribution < 1.29 is 29.3 Å². The van der Waals surface area contributed by atoms with Gasteiger partial charge >= 0.3 is 11.9 Å². The van der Waals surface area contributed by atoms with Gasteiger partial charge in [0.25, 0.3) is 0 Å². The van der Waals surface area contributed by atoms with Crippen LogP contribution in [0.4, 0.5) is 0 Å². The van der Waals surface area contributed by atoms with Crippen LogP contribution in [-0.2, 0) is 19.1 Å². The molecular weight excluding hydrogens is 334 g/mol. The van der Waals surface area contributed by atoms with Crippen LogP contribution >= 0.6 is 11.8 Å². The fourth-order valence-electron chi connectivity index (χ4n) is 4.59. The van der Waals surface area contributed by atoms with Crippen molar-refractivity contribution >= 4 is 29.6 Å². The van der Waals surface area contributed by atoms with E-state index in [1.54, 1.807) is 0 Å². The number of ether oxygens (including phenoxy) is 1. The Labute approximate surface area is 144 Å². The fourth-order valence-corrected chi connectivity index (χ4v) is 6.19. The van der Waals surface area contributed by atoms with Gasteiger partial charge in [-0.2, -0.15) is 11.8 Å². The van der Waals surface area contributed by atoms with Crippen LogP contribution in [0.3, 0.4) is 0 Å². The number of carboxylic acids is 1. The van der Waals surface area contributed by atoms with E-state index in [-0.39, 0.29) is 28.8 Å². The van der Waals surface area contributed by atoms with E-state index in [9.17, 15) is 24.6 Å². The molecule has 3 aliphatic rings. The molecular formula is C16H23NO6S. The quantitative estimate of drug-likeness (QED) is 0.610. The Morgan fingerprint density at radius 2 is 2.17 bits per heavy atom. The normalized spacial score (nSPS) is 41.5. The fraction of sp³-hybridized carbons (Fsp3) is 0.812. The number of carbonyl (C=O) groups excluding carboxylic acids is 2. The van der Waals surface area contributed by atoms with E-state index in [0.717, 1.165) is 12.8 Å². The second-order valence-corrected chi connectivity index (χ2v) is 8.38. The van der Waals surface area contributed by atoms with Gasteiger partial charge in [-0.05, 0) is 31.1 Å². The number of hydrogen-bond acceptors (Lipinski definition) is 6. The molecule has 0 aromatic rings. The first-order valence-electron chi connectivity index (χ1n) is 8.29. The summed E-state index contributed by atoms with van der Waals surface area (Å²) in [7, 11) is 0. The molecule has 0 spiro atoms. The molecule has 0 aromatic heterocycles. The molecule has 1 unspecified atom stereocenters. The predicted octanol–water partition coefficient (Wildman–Crippen LogP) is 0.400. The van der Waals surface area contributed by atoms with Crippen molar-refractivity contribution in [3.8, 4) is 0 Å². The van der Waals surface area contributed by atoms with E-state index in [4.69, 9.17) is 4.74 Å². The van der Waals surface area contributed by atoms with Crippen LogP contribution in [0, 0.1) is 17.8 Å². The van der Waals surface area contributed by atoms with Gasteiger partial charge in [-0.25, -0.2) is 4.79 Å². The molecule has 7 atom stereocenters.